The molecule has 1 atom stereocenters. The zero-order valence-corrected chi connectivity index (χ0v) is 11.9. The molecule has 0 radical (unpaired) electrons. The molecule has 2 heteroatoms. The minimum atomic E-state index is 0.501. The van der Waals surface area contributed by atoms with Crippen molar-refractivity contribution in [3.05, 3.63) is 76.8 Å². The van der Waals surface area contributed by atoms with E-state index in [1.54, 1.807) is 0 Å². The second-order valence-corrected chi connectivity index (χ2v) is 5.46. The number of rotatable bonds is 3. The van der Waals surface area contributed by atoms with Gasteiger partial charge in [0.2, 0.25) is 0 Å². The highest BCUT2D eigenvalue weighted by Gasteiger charge is 2.17. The number of halogens is 1. The molecule has 0 unspecified atom stereocenters. The van der Waals surface area contributed by atoms with E-state index in [1.165, 1.54) is 16.8 Å². The van der Waals surface area contributed by atoms with Crippen molar-refractivity contribution >= 4 is 23.4 Å². The molecule has 0 N–H and O–H groups in total. The third-order valence-corrected chi connectivity index (χ3v) is 3.76. The van der Waals surface area contributed by atoms with Crippen LogP contribution < -0.4 is 0 Å². The minimum absolute atomic E-state index is 0.501. The van der Waals surface area contributed by atoms with Crippen LogP contribution in [0.25, 0.3) is 6.08 Å². The summed E-state index contributed by atoms with van der Waals surface area (Å²) in [6, 6.07) is 18.3. The van der Waals surface area contributed by atoms with Gasteiger partial charge in [-0.1, -0.05) is 66.2 Å². The quantitative estimate of drug-likeness (QED) is 0.762. The lowest BCUT2D eigenvalue weighted by atomic mass is 10.00. The molecular weight excluding hydrogens is 266 g/mol. The lowest BCUT2D eigenvalue weighted by Crippen LogP contribution is -2.00. The first-order valence-electron chi connectivity index (χ1n) is 6.84. The first-order valence-corrected chi connectivity index (χ1v) is 7.21. The molecule has 0 saturated carbocycles. The highest BCUT2D eigenvalue weighted by Crippen LogP contribution is 2.22. The van der Waals surface area contributed by atoms with Gasteiger partial charge in [0.15, 0.2) is 0 Å². The maximum atomic E-state index is 5.91. The van der Waals surface area contributed by atoms with Crippen molar-refractivity contribution in [1.82, 2.24) is 0 Å². The predicted octanol–water partition coefficient (Wildman–Crippen LogP) is 4.86. The second-order valence-electron chi connectivity index (χ2n) is 5.03. The summed E-state index contributed by atoms with van der Waals surface area (Å²) < 4.78 is 0. The molecule has 1 aliphatic rings. The Balaban J connectivity index is 1.64. The van der Waals surface area contributed by atoms with Crippen molar-refractivity contribution in [2.45, 2.75) is 6.42 Å². The van der Waals surface area contributed by atoms with Gasteiger partial charge in [0.25, 0.3) is 0 Å². The van der Waals surface area contributed by atoms with Crippen molar-refractivity contribution in [2.75, 3.05) is 6.54 Å². The fraction of sp³-hybridized carbons (Fsp3) is 0.167. The fourth-order valence-corrected chi connectivity index (χ4v) is 2.52. The van der Waals surface area contributed by atoms with E-state index in [1.807, 2.05) is 30.3 Å². The molecule has 1 aliphatic heterocycles. The topological polar surface area (TPSA) is 12.4 Å². The molecule has 0 fully saturated rings. The second kappa shape index (κ2) is 6.06. The Kier molecular flexibility index (Phi) is 3.98. The molecule has 0 spiro atoms. The number of hydrogen-bond donors (Lipinski definition) is 0. The third-order valence-electron chi connectivity index (χ3n) is 3.51. The van der Waals surface area contributed by atoms with Gasteiger partial charge in [-0.2, -0.15) is 0 Å². The van der Waals surface area contributed by atoms with E-state index in [0.717, 1.165) is 18.0 Å². The van der Waals surface area contributed by atoms with E-state index in [4.69, 9.17) is 11.6 Å². The Labute approximate surface area is 124 Å². The van der Waals surface area contributed by atoms with Crippen LogP contribution in [0.3, 0.4) is 0 Å². The highest BCUT2D eigenvalue weighted by molar-refractivity contribution is 6.30. The highest BCUT2D eigenvalue weighted by atomic mass is 35.5. The molecule has 100 valence electrons. The third kappa shape index (κ3) is 3.17. The Morgan fingerprint density at radius 2 is 1.75 bits per heavy atom. The fourth-order valence-electron chi connectivity index (χ4n) is 2.40. The van der Waals surface area contributed by atoms with E-state index in [9.17, 15) is 0 Å². The normalized spacial score (nSPS) is 18.4. The number of aliphatic imine (C=N–C) groups is 1. The van der Waals surface area contributed by atoms with Crippen LogP contribution in [-0.4, -0.2) is 12.3 Å². The lowest BCUT2D eigenvalue weighted by molar-refractivity contribution is 0.747. The largest absolute Gasteiger partial charge is 0.288 e. The summed E-state index contributed by atoms with van der Waals surface area (Å²) in [5.74, 6) is 0.501. The van der Waals surface area contributed by atoms with Gasteiger partial charge in [-0.3, -0.25) is 4.99 Å². The van der Waals surface area contributed by atoms with Crippen LogP contribution in [0.15, 0.2) is 65.7 Å². The molecule has 2 aromatic carbocycles. The van der Waals surface area contributed by atoms with Crippen LogP contribution in [-0.2, 0) is 0 Å². The van der Waals surface area contributed by atoms with Crippen LogP contribution in [0.1, 0.15) is 17.5 Å². The number of nitrogens with zero attached hydrogens (tertiary/aromatic N) is 1. The Morgan fingerprint density at radius 1 is 1.00 bits per heavy atom. The van der Waals surface area contributed by atoms with Crippen LogP contribution >= 0.6 is 11.6 Å². The Hall–Kier alpha value is -1.86. The van der Waals surface area contributed by atoms with Gasteiger partial charge in [-0.25, -0.2) is 0 Å². The Bertz CT molecular complexity index is 626. The molecule has 1 heterocycles. The average Bonchev–Trinajstić information content (AvgIpc) is 2.96. The monoisotopic (exact) mass is 281 g/mol. The zero-order valence-electron chi connectivity index (χ0n) is 11.2. The van der Waals surface area contributed by atoms with Gasteiger partial charge < -0.3 is 0 Å². The van der Waals surface area contributed by atoms with Gasteiger partial charge in [0.05, 0.1) is 0 Å². The van der Waals surface area contributed by atoms with Crippen LogP contribution in [0.2, 0.25) is 5.02 Å². The maximum Gasteiger partial charge on any atom is 0.0459 e. The zero-order chi connectivity index (χ0) is 13.8. The van der Waals surface area contributed by atoms with Crippen LogP contribution in [0.4, 0.5) is 0 Å². The molecule has 1 nitrogen and oxygen atoms in total. The van der Waals surface area contributed by atoms with Gasteiger partial charge in [0.1, 0.15) is 0 Å². The van der Waals surface area contributed by atoms with Crippen molar-refractivity contribution < 1.29 is 0 Å². The van der Waals surface area contributed by atoms with E-state index >= 15 is 0 Å². The molecule has 20 heavy (non-hydrogen) atoms. The molecule has 0 aliphatic carbocycles. The van der Waals surface area contributed by atoms with Crippen molar-refractivity contribution in [2.24, 2.45) is 10.9 Å². The SMILES string of the molecule is Clc1ccc(C2=NC[C@@H](/C=C/c3ccccc3)C2)cc1. The summed E-state index contributed by atoms with van der Waals surface area (Å²) in [6.07, 6.45) is 5.46. The van der Waals surface area contributed by atoms with Crippen molar-refractivity contribution in [3.8, 4) is 0 Å². The van der Waals surface area contributed by atoms with E-state index in [0.29, 0.717) is 5.92 Å². The average molecular weight is 282 g/mol. The summed E-state index contributed by atoms with van der Waals surface area (Å²) in [6.45, 7) is 0.876. The molecule has 0 bridgehead atoms. The summed E-state index contributed by atoms with van der Waals surface area (Å²) in [5, 5.41) is 0.771. The van der Waals surface area contributed by atoms with Gasteiger partial charge in [0, 0.05) is 23.2 Å². The van der Waals surface area contributed by atoms with Crippen molar-refractivity contribution in [1.29, 1.82) is 0 Å². The molecule has 0 amide bonds. The minimum Gasteiger partial charge on any atom is -0.288 e. The van der Waals surface area contributed by atoms with Gasteiger partial charge in [-0.15, -0.1) is 0 Å². The van der Waals surface area contributed by atoms with Gasteiger partial charge in [-0.05, 0) is 29.7 Å². The van der Waals surface area contributed by atoms with Gasteiger partial charge >= 0.3 is 0 Å². The summed E-state index contributed by atoms with van der Waals surface area (Å²) in [5.41, 5.74) is 3.61. The van der Waals surface area contributed by atoms with Crippen LogP contribution in [0, 0.1) is 5.92 Å². The molecule has 3 rings (SSSR count). The van der Waals surface area contributed by atoms with Crippen molar-refractivity contribution in [3.63, 3.8) is 0 Å². The molecule has 0 aromatic heterocycles. The molecular formula is C18H16ClN. The van der Waals surface area contributed by atoms with E-state index in [-0.39, 0.29) is 0 Å². The first kappa shape index (κ1) is 13.1. The summed E-state index contributed by atoms with van der Waals surface area (Å²) in [7, 11) is 0. The smallest absolute Gasteiger partial charge is 0.0459 e. The van der Waals surface area contributed by atoms with Crippen LogP contribution in [0.5, 0.6) is 0 Å². The number of hydrogen-bond acceptors (Lipinski definition) is 1. The lowest BCUT2D eigenvalue weighted by Gasteiger charge is -2.03. The Morgan fingerprint density at radius 3 is 2.50 bits per heavy atom. The summed E-state index contributed by atoms with van der Waals surface area (Å²) in [4.78, 5) is 4.65. The summed E-state index contributed by atoms with van der Waals surface area (Å²) >= 11 is 5.91. The van der Waals surface area contributed by atoms with E-state index < -0.39 is 0 Å². The maximum absolute atomic E-state index is 5.91. The molecule has 2 aromatic rings. The predicted molar refractivity (Wildman–Crippen MR) is 86.4 cm³/mol. The molecule has 0 saturated heterocycles. The van der Waals surface area contributed by atoms with E-state index in [2.05, 4.69) is 41.4 Å². The first-order chi connectivity index (χ1) is 9.81. The standard InChI is InChI=1S/C18H16ClN/c19-17-10-8-16(9-11-17)18-12-15(13-20-18)7-6-14-4-2-1-3-5-14/h1-11,15H,12-13H2/b7-6+/t15-/m0/s1. The number of benzene rings is 2.